The minimum absolute atomic E-state index is 0.0489. The van der Waals surface area contributed by atoms with Gasteiger partial charge in [0.05, 0.1) is 0 Å². The van der Waals surface area contributed by atoms with Crippen LogP contribution in [-0.4, -0.2) is 23.6 Å². The largest absolute Gasteiger partial charge is 0.495 e. The first-order valence-electron chi connectivity index (χ1n) is 3.42. The molecule has 0 aliphatic rings. The maximum absolute atomic E-state index is 10.2. The molecule has 5 nitrogen and oxygen atoms in total. The van der Waals surface area contributed by atoms with Gasteiger partial charge in [0.25, 0.3) is 0 Å². The average Bonchev–Trinajstić information content (AvgIpc) is 1.86. The normalized spacial score (nSPS) is 11.5. The third kappa shape index (κ3) is 4.86. The van der Waals surface area contributed by atoms with Gasteiger partial charge in [-0.2, -0.15) is 4.10 Å². The van der Waals surface area contributed by atoms with Gasteiger partial charge < -0.3 is 5.53 Å². The molecule has 0 spiro atoms. The molecule has 0 aliphatic carbocycles. The minimum atomic E-state index is -4.39. The number of rotatable bonds is 5. The molecule has 0 aliphatic heterocycles. The van der Waals surface area contributed by atoms with E-state index >= 15 is 0 Å². The topological polar surface area (TPSA) is 79.7 Å². The molecule has 0 amide bonds. The quantitative estimate of drug-likeness (QED) is 0.297. The first kappa shape index (κ1) is 10.5. The van der Waals surface area contributed by atoms with E-state index in [1.54, 1.807) is 0 Å². The molecule has 0 radical (unpaired) electrons. The number of hydrogen-bond donors (Lipinski definition) is 1. The maximum atomic E-state index is 10.2. The van der Waals surface area contributed by atoms with Crippen LogP contribution in [0.2, 0.25) is 0 Å². The fourth-order valence-corrected chi connectivity index (χ4v) is 0.972. The van der Waals surface area contributed by atoms with E-state index in [0.717, 1.165) is 12.8 Å². The lowest BCUT2D eigenvalue weighted by Gasteiger charge is -2.00. The van der Waals surface area contributed by atoms with Crippen molar-refractivity contribution in [1.82, 2.24) is 0 Å². The van der Waals surface area contributed by atoms with Crippen molar-refractivity contribution in [3.05, 3.63) is 5.53 Å². The lowest BCUT2D eigenvalue weighted by molar-refractivity contribution is -0.399. The first-order chi connectivity index (χ1) is 4.98. The molecule has 0 bridgehead atoms. The van der Waals surface area contributed by atoms with Gasteiger partial charge in [-0.3, -0.25) is 0 Å². The molecule has 0 aromatic heterocycles. The smallest absolute Gasteiger partial charge is 0.485 e. The molecule has 0 rings (SSSR count). The second-order valence-corrected chi connectivity index (χ2v) is 3.55. The monoisotopic (exact) mass is 180 g/mol. The lowest BCUT2D eigenvalue weighted by Crippen LogP contribution is -2.17. The van der Waals surface area contributed by atoms with Crippen LogP contribution in [0.4, 0.5) is 0 Å². The highest BCUT2D eigenvalue weighted by atomic mass is 32.2. The summed E-state index contributed by atoms with van der Waals surface area (Å²) in [6, 6.07) is 0. The van der Waals surface area contributed by atoms with Crippen molar-refractivity contribution < 1.29 is 17.1 Å². The van der Waals surface area contributed by atoms with Crippen LogP contribution in [-0.2, 0) is 10.3 Å². The predicted octanol–water partition coefficient (Wildman–Crippen LogP) is 1.01. The third-order valence-corrected chi connectivity index (χ3v) is 1.93. The molecule has 0 aromatic rings. The molecular formula is C5H12N2O3S. The van der Waals surface area contributed by atoms with E-state index in [0.29, 0.717) is 6.42 Å². The van der Waals surface area contributed by atoms with Gasteiger partial charge in [-0.1, -0.05) is 13.3 Å². The van der Waals surface area contributed by atoms with Crippen LogP contribution in [0.25, 0.3) is 5.53 Å². The van der Waals surface area contributed by atoms with E-state index < -0.39 is 10.3 Å². The van der Waals surface area contributed by atoms with Crippen LogP contribution >= 0.6 is 0 Å². The Balaban J connectivity index is 3.72. The number of hydrogen-bond acceptors (Lipinski definition) is 2. The molecule has 1 N–H and O–H groups in total. The van der Waals surface area contributed by atoms with E-state index in [4.69, 9.17) is 10.1 Å². The third-order valence-electron chi connectivity index (χ3n) is 1.22. The standard InChI is InChI=1S/C5H12N2O3S/c1-2-3-4-5-7(6)11(8,9)10/h2-5H2,1H3,(H,8,9,10). The van der Waals surface area contributed by atoms with Gasteiger partial charge in [0, 0.05) is 6.42 Å². The lowest BCUT2D eigenvalue weighted by atomic mass is 10.3. The molecule has 0 unspecified atom stereocenters. The summed E-state index contributed by atoms with van der Waals surface area (Å²) in [4.78, 5) is 0. The van der Waals surface area contributed by atoms with Gasteiger partial charge in [-0.05, 0) is 6.42 Å². The molecule has 0 heterocycles. The van der Waals surface area contributed by atoms with Crippen LogP contribution in [0.1, 0.15) is 26.2 Å². The first-order valence-corrected chi connectivity index (χ1v) is 4.82. The number of nitrogens with zero attached hydrogens (tertiary/aromatic N) is 2. The zero-order chi connectivity index (χ0) is 8.91. The Morgan fingerprint density at radius 2 is 2.00 bits per heavy atom. The van der Waals surface area contributed by atoms with Crippen LogP contribution in [0.5, 0.6) is 0 Å². The second-order valence-electron chi connectivity index (χ2n) is 2.23. The Morgan fingerprint density at radius 3 is 2.36 bits per heavy atom. The van der Waals surface area contributed by atoms with E-state index in [2.05, 4.69) is 0 Å². The molecule has 0 saturated heterocycles. The summed E-state index contributed by atoms with van der Waals surface area (Å²) in [7, 11) is -4.39. The highest BCUT2D eigenvalue weighted by Gasteiger charge is 2.12. The van der Waals surface area contributed by atoms with Crippen LogP contribution in [0, 0.1) is 0 Å². The Morgan fingerprint density at radius 1 is 1.45 bits per heavy atom. The summed E-state index contributed by atoms with van der Waals surface area (Å²) < 4.78 is 28.5. The summed E-state index contributed by atoms with van der Waals surface area (Å²) in [6.45, 7) is 1.90. The van der Waals surface area contributed by atoms with Gasteiger partial charge in [0.2, 0.25) is 0 Å². The summed E-state index contributed by atoms with van der Waals surface area (Å²) in [6.07, 6.45) is 2.30. The fourth-order valence-electron chi connectivity index (χ4n) is 0.612. The highest BCUT2D eigenvalue weighted by molar-refractivity contribution is 7.79. The molecular weight excluding hydrogens is 168 g/mol. The predicted molar refractivity (Wildman–Crippen MR) is 39.6 cm³/mol. The molecule has 11 heavy (non-hydrogen) atoms. The molecule has 0 fully saturated rings. The van der Waals surface area contributed by atoms with E-state index in [1.807, 2.05) is 6.92 Å². The van der Waals surface area contributed by atoms with Gasteiger partial charge in [-0.15, -0.1) is 8.42 Å². The molecule has 0 aromatic carbocycles. The molecule has 0 saturated carbocycles. The number of unbranched alkanes of at least 4 members (excludes halogenated alkanes) is 2. The zero-order valence-electron chi connectivity index (χ0n) is 6.39. The van der Waals surface area contributed by atoms with Crippen LogP contribution < -0.4 is 0 Å². The van der Waals surface area contributed by atoms with Crippen molar-refractivity contribution in [2.24, 2.45) is 0 Å². The van der Waals surface area contributed by atoms with Gasteiger partial charge >= 0.3 is 10.3 Å². The fraction of sp³-hybridized carbons (Fsp3) is 1.00. The molecule has 0 atom stereocenters. The van der Waals surface area contributed by atoms with Crippen molar-refractivity contribution in [1.29, 1.82) is 0 Å². The van der Waals surface area contributed by atoms with E-state index in [-0.39, 0.29) is 10.6 Å². The van der Waals surface area contributed by atoms with E-state index in [9.17, 15) is 8.42 Å². The Kier molecular flexibility index (Phi) is 4.20. The SMILES string of the molecule is CCCCC[N+](=[N-])S(=O)(=O)O. The minimum Gasteiger partial charge on any atom is -0.485 e. The Labute approximate surface area is 66.4 Å². The van der Waals surface area contributed by atoms with Crippen molar-refractivity contribution in [3.63, 3.8) is 0 Å². The van der Waals surface area contributed by atoms with Crippen LogP contribution in [0.15, 0.2) is 0 Å². The average molecular weight is 180 g/mol. The zero-order valence-corrected chi connectivity index (χ0v) is 7.21. The summed E-state index contributed by atoms with van der Waals surface area (Å²) in [5, 5.41) is 0. The van der Waals surface area contributed by atoms with Crippen molar-refractivity contribution in [2.45, 2.75) is 26.2 Å². The summed E-state index contributed by atoms with van der Waals surface area (Å²) in [5.41, 5.74) is 8.61. The molecule has 6 heteroatoms. The maximum Gasteiger partial charge on any atom is 0.495 e. The highest BCUT2D eigenvalue weighted by Crippen LogP contribution is 1.96. The second kappa shape index (κ2) is 4.40. The van der Waals surface area contributed by atoms with Crippen molar-refractivity contribution >= 4 is 10.3 Å². The summed E-state index contributed by atoms with van der Waals surface area (Å²) >= 11 is 0. The van der Waals surface area contributed by atoms with Crippen molar-refractivity contribution in [3.8, 4) is 0 Å². The Hall–Kier alpha value is -0.490. The Bertz CT molecular complexity index is 222. The van der Waals surface area contributed by atoms with Gasteiger partial charge in [0.1, 0.15) is 0 Å². The van der Waals surface area contributed by atoms with Gasteiger partial charge in [0.15, 0.2) is 6.54 Å². The van der Waals surface area contributed by atoms with E-state index in [1.165, 1.54) is 0 Å². The van der Waals surface area contributed by atoms with Gasteiger partial charge in [-0.25, -0.2) is 4.55 Å². The van der Waals surface area contributed by atoms with Crippen LogP contribution in [0.3, 0.4) is 0 Å². The molecule has 66 valence electrons. The van der Waals surface area contributed by atoms with Crippen molar-refractivity contribution in [2.75, 3.05) is 6.54 Å². The summed E-state index contributed by atoms with van der Waals surface area (Å²) in [5.74, 6) is 0.